The van der Waals surface area contributed by atoms with Gasteiger partial charge in [0, 0.05) is 11.8 Å². The SMILES string of the molecule is Cc1[nH]c(-c2ccc(F)cc2F)nc1C(=O)NS(=O)(=O)C(C)C. The zero-order valence-electron chi connectivity index (χ0n) is 12.6. The van der Waals surface area contributed by atoms with Gasteiger partial charge in [-0.2, -0.15) is 0 Å². The van der Waals surface area contributed by atoms with Crippen LogP contribution in [0.1, 0.15) is 30.0 Å². The molecule has 0 unspecified atom stereocenters. The highest BCUT2D eigenvalue weighted by Gasteiger charge is 2.24. The van der Waals surface area contributed by atoms with Crippen LogP contribution in [0.25, 0.3) is 11.4 Å². The number of aromatic amines is 1. The Labute approximate surface area is 132 Å². The lowest BCUT2D eigenvalue weighted by Crippen LogP contribution is -2.36. The number of halogens is 2. The maximum absolute atomic E-state index is 13.8. The van der Waals surface area contributed by atoms with E-state index in [9.17, 15) is 22.0 Å². The van der Waals surface area contributed by atoms with Crippen molar-refractivity contribution in [2.24, 2.45) is 0 Å². The Bertz CT molecular complexity index is 860. The van der Waals surface area contributed by atoms with Crippen molar-refractivity contribution in [2.45, 2.75) is 26.0 Å². The molecule has 2 N–H and O–H groups in total. The van der Waals surface area contributed by atoms with Crippen LogP contribution in [-0.2, 0) is 10.0 Å². The van der Waals surface area contributed by atoms with Crippen LogP contribution < -0.4 is 4.72 Å². The molecule has 0 radical (unpaired) electrons. The topological polar surface area (TPSA) is 91.9 Å². The number of H-pyrrole nitrogens is 1. The number of nitrogens with one attached hydrogen (secondary N) is 2. The number of benzene rings is 1. The molecule has 1 heterocycles. The first kappa shape index (κ1) is 17.1. The van der Waals surface area contributed by atoms with Crippen molar-refractivity contribution in [2.75, 3.05) is 0 Å². The highest BCUT2D eigenvalue weighted by Crippen LogP contribution is 2.22. The summed E-state index contributed by atoms with van der Waals surface area (Å²) in [6.45, 7) is 4.34. The molecule has 0 aliphatic carbocycles. The van der Waals surface area contributed by atoms with Crippen molar-refractivity contribution in [1.29, 1.82) is 0 Å². The number of rotatable bonds is 4. The summed E-state index contributed by atoms with van der Waals surface area (Å²) in [6, 6.07) is 2.92. The second kappa shape index (κ2) is 6.07. The Kier molecular flexibility index (Phi) is 4.51. The summed E-state index contributed by atoms with van der Waals surface area (Å²) >= 11 is 0. The molecule has 0 fully saturated rings. The molecule has 2 rings (SSSR count). The minimum absolute atomic E-state index is 0.00657. The molecule has 1 amide bonds. The summed E-state index contributed by atoms with van der Waals surface area (Å²) in [6.07, 6.45) is 0. The first-order chi connectivity index (χ1) is 10.6. The van der Waals surface area contributed by atoms with Crippen molar-refractivity contribution in [3.05, 3.63) is 41.2 Å². The zero-order chi connectivity index (χ0) is 17.4. The van der Waals surface area contributed by atoms with Gasteiger partial charge in [0.25, 0.3) is 5.91 Å². The number of sulfonamides is 1. The third-order valence-corrected chi connectivity index (χ3v) is 4.85. The maximum Gasteiger partial charge on any atom is 0.285 e. The van der Waals surface area contributed by atoms with Crippen LogP contribution >= 0.6 is 0 Å². The second-order valence-electron chi connectivity index (χ2n) is 5.21. The molecule has 0 atom stereocenters. The van der Waals surface area contributed by atoms with Gasteiger partial charge >= 0.3 is 0 Å². The number of nitrogens with zero attached hydrogens (tertiary/aromatic N) is 1. The minimum atomic E-state index is -3.81. The fourth-order valence-corrected chi connectivity index (χ4v) is 2.38. The van der Waals surface area contributed by atoms with E-state index in [1.165, 1.54) is 26.8 Å². The van der Waals surface area contributed by atoms with E-state index >= 15 is 0 Å². The van der Waals surface area contributed by atoms with Gasteiger partial charge in [0.05, 0.1) is 10.8 Å². The number of hydrogen-bond donors (Lipinski definition) is 2. The van der Waals surface area contributed by atoms with Gasteiger partial charge in [-0.3, -0.25) is 4.79 Å². The number of hydrogen-bond acceptors (Lipinski definition) is 4. The molecule has 6 nitrogen and oxygen atoms in total. The first-order valence-corrected chi connectivity index (χ1v) is 8.24. The van der Waals surface area contributed by atoms with E-state index in [2.05, 4.69) is 9.97 Å². The quantitative estimate of drug-likeness (QED) is 0.889. The third kappa shape index (κ3) is 3.55. The molecule has 0 saturated heterocycles. The van der Waals surface area contributed by atoms with E-state index in [1.54, 1.807) is 0 Å². The van der Waals surface area contributed by atoms with Crippen LogP contribution in [0.15, 0.2) is 18.2 Å². The van der Waals surface area contributed by atoms with Crippen molar-refractivity contribution in [3.8, 4) is 11.4 Å². The summed E-state index contributed by atoms with van der Waals surface area (Å²) in [5.41, 5.74) is 0.0633. The van der Waals surface area contributed by atoms with E-state index in [0.29, 0.717) is 6.07 Å². The standard InChI is InChI=1S/C14H15F2N3O3S/c1-7(2)23(21,22)19-14(20)12-8(3)17-13(18-12)10-5-4-9(15)6-11(10)16/h4-7H,1-3H3,(H,17,18)(H,19,20). The molecule has 2 aromatic rings. The average Bonchev–Trinajstić information content (AvgIpc) is 2.80. The van der Waals surface area contributed by atoms with Crippen molar-refractivity contribution < 1.29 is 22.0 Å². The zero-order valence-corrected chi connectivity index (χ0v) is 13.5. The maximum atomic E-state index is 13.8. The molecule has 124 valence electrons. The lowest BCUT2D eigenvalue weighted by atomic mass is 10.2. The molecular formula is C14H15F2N3O3S. The van der Waals surface area contributed by atoms with E-state index in [0.717, 1.165) is 6.07 Å². The predicted molar refractivity (Wildman–Crippen MR) is 80.2 cm³/mol. The van der Waals surface area contributed by atoms with Crippen LogP contribution in [0.2, 0.25) is 0 Å². The van der Waals surface area contributed by atoms with Gasteiger partial charge in [0.15, 0.2) is 5.69 Å². The molecule has 1 aromatic heterocycles. The summed E-state index contributed by atoms with van der Waals surface area (Å²) in [4.78, 5) is 18.7. The largest absolute Gasteiger partial charge is 0.341 e. The monoisotopic (exact) mass is 343 g/mol. The minimum Gasteiger partial charge on any atom is -0.341 e. The van der Waals surface area contributed by atoms with Gasteiger partial charge in [-0.25, -0.2) is 26.9 Å². The van der Waals surface area contributed by atoms with Gasteiger partial charge in [0.2, 0.25) is 10.0 Å². The molecule has 9 heteroatoms. The Balaban J connectivity index is 2.37. The number of aromatic nitrogens is 2. The highest BCUT2D eigenvalue weighted by molar-refractivity contribution is 7.90. The lowest BCUT2D eigenvalue weighted by Gasteiger charge is -2.08. The van der Waals surface area contributed by atoms with E-state index in [4.69, 9.17) is 0 Å². The Hall–Kier alpha value is -2.29. The molecule has 1 aromatic carbocycles. The van der Waals surface area contributed by atoms with Crippen molar-refractivity contribution in [1.82, 2.24) is 14.7 Å². The van der Waals surface area contributed by atoms with Crippen LogP contribution in [0, 0.1) is 18.6 Å². The van der Waals surface area contributed by atoms with E-state index in [1.807, 2.05) is 4.72 Å². The third-order valence-electron chi connectivity index (χ3n) is 3.14. The number of carbonyl (C=O) groups excluding carboxylic acids is 1. The number of amides is 1. The van der Waals surface area contributed by atoms with Crippen LogP contribution in [0.5, 0.6) is 0 Å². The Morgan fingerprint density at radius 2 is 1.96 bits per heavy atom. The molecule has 0 spiro atoms. The van der Waals surface area contributed by atoms with Crippen LogP contribution in [0.3, 0.4) is 0 Å². The summed E-state index contributed by atoms with van der Waals surface area (Å²) in [5, 5.41) is -0.792. The van der Waals surface area contributed by atoms with Gasteiger partial charge in [-0.1, -0.05) is 0 Å². The Morgan fingerprint density at radius 3 is 2.52 bits per heavy atom. The smallest absolute Gasteiger partial charge is 0.285 e. The molecule has 23 heavy (non-hydrogen) atoms. The van der Waals surface area contributed by atoms with Gasteiger partial charge in [-0.15, -0.1) is 0 Å². The molecule has 0 aliphatic rings. The predicted octanol–water partition coefficient (Wildman–Crippen LogP) is 2.13. The van der Waals surface area contributed by atoms with Gasteiger partial charge in [-0.05, 0) is 32.9 Å². The summed E-state index contributed by atoms with van der Waals surface area (Å²) < 4.78 is 52.0. The van der Waals surface area contributed by atoms with Crippen LogP contribution in [0.4, 0.5) is 8.78 Å². The summed E-state index contributed by atoms with van der Waals surface area (Å²) in [5.74, 6) is -2.50. The lowest BCUT2D eigenvalue weighted by molar-refractivity contribution is 0.0976. The average molecular weight is 343 g/mol. The molecule has 0 bridgehead atoms. The van der Waals surface area contributed by atoms with Crippen molar-refractivity contribution in [3.63, 3.8) is 0 Å². The van der Waals surface area contributed by atoms with Gasteiger partial charge in [0.1, 0.15) is 17.5 Å². The van der Waals surface area contributed by atoms with E-state index < -0.39 is 32.8 Å². The van der Waals surface area contributed by atoms with Gasteiger partial charge < -0.3 is 4.98 Å². The van der Waals surface area contributed by atoms with Crippen molar-refractivity contribution >= 4 is 15.9 Å². The fraction of sp³-hybridized carbons (Fsp3) is 0.286. The molecule has 0 aliphatic heterocycles. The first-order valence-electron chi connectivity index (χ1n) is 6.70. The van der Waals surface area contributed by atoms with Crippen LogP contribution in [-0.4, -0.2) is 29.5 Å². The number of carbonyl (C=O) groups is 1. The fourth-order valence-electron chi connectivity index (χ4n) is 1.79. The normalized spacial score (nSPS) is 11.7. The Morgan fingerprint density at radius 1 is 1.30 bits per heavy atom. The highest BCUT2D eigenvalue weighted by atomic mass is 32.2. The van der Waals surface area contributed by atoms with E-state index in [-0.39, 0.29) is 22.8 Å². The summed E-state index contributed by atoms with van der Waals surface area (Å²) in [7, 11) is -3.81. The second-order valence-corrected chi connectivity index (χ2v) is 7.45. The number of aryl methyl sites for hydroxylation is 1. The number of imidazole rings is 1. The molecule has 0 saturated carbocycles. The molecular weight excluding hydrogens is 328 g/mol.